The highest BCUT2D eigenvalue weighted by Crippen LogP contribution is 2.31. The summed E-state index contributed by atoms with van der Waals surface area (Å²) in [7, 11) is 0. The van der Waals surface area contributed by atoms with Gasteiger partial charge in [0, 0.05) is 13.0 Å². The molecule has 0 bridgehead atoms. The van der Waals surface area contributed by atoms with Gasteiger partial charge in [0.05, 0.1) is 23.2 Å². The van der Waals surface area contributed by atoms with Gasteiger partial charge in [-0.1, -0.05) is 23.7 Å². The Balaban J connectivity index is 2.01. The molecule has 3 N–H and O–H groups in total. The summed E-state index contributed by atoms with van der Waals surface area (Å²) in [5.41, 5.74) is -1.52. The van der Waals surface area contributed by atoms with E-state index in [1.165, 1.54) is 4.90 Å². The number of aliphatic hydroxyl groups is 1. The molecule has 7 nitrogen and oxygen atoms in total. The third-order valence-corrected chi connectivity index (χ3v) is 4.03. The van der Waals surface area contributed by atoms with Crippen molar-refractivity contribution < 1.29 is 24.6 Å². The van der Waals surface area contributed by atoms with Gasteiger partial charge in [-0.15, -0.1) is 0 Å². The maximum absolute atomic E-state index is 12.1. The Bertz CT molecular complexity index is 647. The number of hydrogen-bond acceptors (Lipinski definition) is 4. The van der Waals surface area contributed by atoms with Crippen LogP contribution in [0.5, 0.6) is 0 Å². The number of amides is 2. The first-order valence-corrected chi connectivity index (χ1v) is 7.38. The largest absolute Gasteiger partial charge is 0.479 e. The molecule has 1 aliphatic heterocycles. The van der Waals surface area contributed by atoms with Crippen LogP contribution >= 0.6 is 11.6 Å². The van der Waals surface area contributed by atoms with Gasteiger partial charge in [0.25, 0.3) is 0 Å². The molecule has 1 aromatic rings. The highest BCUT2D eigenvalue weighted by molar-refractivity contribution is 6.33. The summed E-state index contributed by atoms with van der Waals surface area (Å²) in [4.78, 5) is 36.4. The standard InChI is InChI=1S/C15H17ClN2O5/c1-15(23,14(21)22)8-17-13(20)9-6-12(19)18(7-9)11-5-3-2-4-10(11)16/h2-5,9,23H,6-8H2,1H3,(H,17,20)(H,21,22). The second kappa shape index (κ2) is 6.55. The number of nitrogens with zero attached hydrogens (tertiary/aromatic N) is 1. The first-order chi connectivity index (χ1) is 10.7. The van der Waals surface area contributed by atoms with Crippen LogP contribution in [-0.2, 0) is 14.4 Å². The molecule has 23 heavy (non-hydrogen) atoms. The fraction of sp³-hybridized carbons (Fsp3) is 0.400. The number of halogens is 1. The van der Waals surface area contributed by atoms with E-state index in [1.807, 2.05) is 0 Å². The predicted molar refractivity (Wildman–Crippen MR) is 83.2 cm³/mol. The molecule has 0 radical (unpaired) electrons. The fourth-order valence-electron chi connectivity index (χ4n) is 2.27. The smallest absolute Gasteiger partial charge is 0.337 e. The molecule has 0 aromatic heterocycles. The van der Waals surface area contributed by atoms with Crippen molar-refractivity contribution in [3.05, 3.63) is 29.3 Å². The van der Waals surface area contributed by atoms with E-state index in [2.05, 4.69) is 5.32 Å². The number of anilines is 1. The molecule has 2 rings (SSSR count). The lowest BCUT2D eigenvalue weighted by molar-refractivity contribution is -0.156. The average Bonchev–Trinajstić information content (AvgIpc) is 2.87. The van der Waals surface area contributed by atoms with Gasteiger partial charge in [0.2, 0.25) is 11.8 Å². The van der Waals surface area contributed by atoms with Crippen LogP contribution in [0.25, 0.3) is 0 Å². The molecular weight excluding hydrogens is 324 g/mol. The Kier molecular flexibility index (Phi) is 4.91. The van der Waals surface area contributed by atoms with E-state index >= 15 is 0 Å². The first-order valence-electron chi connectivity index (χ1n) is 7.01. The average molecular weight is 341 g/mol. The molecule has 1 aliphatic rings. The molecule has 124 valence electrons. The summed E-state index contributed by atoms with van der Waals surface area (Å²) < 4.78 is 0. The van der Waals surface area contributed by atoms with Crippen LogP contribution in [0.4, 0.5) is 5.69 Å². The van der Waals surface area contributed by atoms with Gasteiger partial charge >= 0.3 is 5.97 Å². The van der Waals surface area contributed by atoms with Crippen molar-refractivity contribution >= 4 is 35.1 Å². The molecule has 1 saturated heterocycles. The third-order valence-electron chi connectivity index (χ3n) is 3.71. The van der Waals surface area contributed by atoms with Crippen molar-refractivity contribution in [2.45, 2.75) is 18.9 Å². The normalized spacial score (nSPS) is 20.2. The Morgan fingerprint density at radius 2 is 2.09 bits per heavy atom. The van der Waals surface area contributed by atoms with E-state index < -0.39 is 29.9 Å². The van der Waals surface area contributed by atoms with Crippen LogP contribution in [0, 0.1) is 5.92 Å². The van der Waals surface area contributed by atoms with Crippen molar-refractivity contribution in [2.75, 3.05) is 18.0 Å². The summed E-state index contributed by atoms with van der Waals surface area (Å²) in [6.45, 7) is 0.813. The molecule has 0 aliphatic carbocycles. The lowest BCUT2D eigenvalue weighted by Gasteiger charge is -2.20. The van der Waals surface area contributed by atoms with Crippen LogP contribution in [0.15, 0.2) is 24.3 Å². The summed E-state index contributed by atoms with van der Waals surface area (Å²) in [5, 5.41) is 21.2. The summed E-state index contributed by atoms with van der Waals surface area (Å²) in [5.74, 6) is -2.76. The number of para-hydroxylation sites is 1. The van der Waals surface area contributed by atoms with Gasteiger partial charge in [0.15, 0.2) is 5.60 Å². The number of benzene rings is 1. The second-order valence-corrected chi connectivity index (χ2v) is 6.06. The van der Waals surface area contributed by atoms with Crippen LogP contribution < -0.4 is 10.2 Å². The van der Waals surface area contributed by atoms with Crippen molar-refractivity contribution in [3.8, 4) is 0 Å². The number of rotatable bonds is 5. The molecule has 0 saturated carbocycles. The molecule has 2 unspecified atom stereocenters. The number of nitrogens with one attached hydrogen (secondary N) is 1. The quantitative estimate of drug-likeness (QED) is 0.729. The molecular formula is C15H17ClN2O5. The van der Waals surface area contributed by atoms with Crippen molar-refractivity contribution in [2.24, 2.45) is 5.92 Å². The minimum Gasteiger partial charge on any atom is -0.479 e. The lowest BCUT2D eigenvalue weighted by atomic mass is 10.1. The first kappa shape index (κ1) is 17.2. The van der Waals surface area contributed by atoms with Crippen molar-refractivity contribution in [1.29, 1.82) is 0 Å². The van der Waals surface area contributed by atoms with Gasteiger partial charge in [-0.05, 0) is 19.1 Å². The Morgan fingerprint density at radius 3 is 2.70 bits per heavy atom. The fourth-order valence-corrected chi connectivity index (χ4v) is 2.50. The van der Waals surface area contributed by atoms with Crippen LogP contribution in [0.3, 0.4) is 0 Å². The number of hydrogen-bond donors (Lipinski definition) is 3. The van der Waals surface area contributed by atoms with Crippen LogP contribution in [0.2, 0.25) is 5.02 Å². The van der Waals surface area contributed by atoms with E-state index in [0.717, 1.165) is 6.92 Å². The minimum absolute atomic E-state index is 0.00622. The zero-order valence-corrected chi connectivity index (χ0v) is 13.2. The highest BCUT2D eigenvalue weighted by Gasteiger charge is 2.37. The van der Waals surface area contributed by atoms with E-state index in [9.17, 15) is 19.5 Å². The number of carbonyl (C=O) groups is 3. The summed E-state index contributed by atoms with van der Waals surface area (Å²) >= 11 is 6.06. The third kappa shape index (κ3) is 3.80. The maximum Gasteiger partial charge on any atom is 0.337 e. The van der Waals surface area contributed by atoms with E-state index in [-0.39, 0.29) is 18.9 Å². The Labute approximate surface area is 137 Å². The molecule has 1 heterocycles. The van der Waals surface area contributed by atoms with E-state index in [1.54, 1.807) is 24.3 Å². The van der Waals surface area contributed by atoms with Crippen molar-refractivity contribution in [1.82, 2.24) is 5.32 Å². The minimum atomic E-state index is -2.05. The number of carboxylic acid groups (broad SMARTS) is 1. The SMILES string of the molecule is CC(O)(CNC(=O)C1CC(=O)N(c2ccccc2Cl)C1)C(=O)O. The Morgan fingerprint density at radius 1 is 1.43 bits per heavy atom. The van der Waals surface area contributed by atoms with E-state index in [4.69, 9.17) is 16.7 Å². The molecule has 2 amide bonds. The Hall–Kier alpha value is -2.12. The van der Waals surface area contributed by atoms with E-state index in [0.29, 0.717) is 10.7 Å². The summed E-state index contributed by atoms with van der Waals surface area (Å²) in [6.07, 6.45) is 0.00622. The molecule has 1 aromatic carbocycles. The highest BCUT2D eigenvalue weighted by atomic mass is 35.5. The van der Waals surface area contributed by atoms with Gasteiger partial charge < -0.3 is 20.4 Å². The topological polar surface area (TPSA) is 107 Å². The molecule has 1 fully saturated rings. The molecule has 0 spiro atoms. The summed E-state index contributed by atoms with van der Waals surface area (Å²) in [6, 6.07) is 6.83. The number of aliphatic carboxylic acids is 1. The number of carboxylic acids is 1. The molecule has 2 atom stereocenters. The zero-order valence-electron chi connectivity index (χ0n) is 12.5. The lowest BCUT2D eigenvalue weighted by Crippen LogP contribution is -2.48. The van der Waals surface area contributed by atoms with Crippen LogP contribution in [-0.4, -0.2) is 46.7 Å². The monoisotopic (exact) mass is 340 g/mol. The maximum atomic E-state index is 12.1. The van der Waals surface area contributed by atoms with Gasteiger partial charge in [-0.25, -0.2) is 4.79 Å². The van der Waals surface area contributed by atoms with Crippen molar-refractivity contribution in [3.63, 3.8) is 0 Å². The number of carbonyl (C=O) groups excluding carboxylic acids is 2. The van der Waals surface area contributed by atoms with Gasteiger partial charge in [-0.3, -0.25) is 9.59 Å². The second-order valence-electron chi connectivity index (χ2n) is 5.65. The predicted octanol–water partition coefficient (Wildman–Crippen LogP) is 0.645. The van der Waals surface area contributed by atoms with Gasteiger partial charge in [0.1, 0.15) is 0 Å². The van der Waals surface area contributed by atoms with Gasteiger partial charge in [-0.2, -0.15) is 0 Å². The molecule has 8 heteroatoms. The zero-order chi connectivity index (χ0) is 17.2. The van der Waals surface area contributed by atoms with Crippen LogP contribution in [0.1, 0.15) is 13.3 Å².